The number of ether oxygens (including phenoxy) is 5. The van der Waals surface area contributed by atoms with E-state index in [2.05, 4.69) is 5.92 Å². The molecule has 0 spiro atoms. The maximum atomic E-state index is 11.5. The normalized spacial score (nSPS) is 28.2. The van der Waals surface area contributed by atoms with Gasteiger partial charge in [-0.2, -0.15) is 0 Å². The van der Waals surface area contributed by atoms with Crippen molar-refractivity contribution in [1.82, 2.24) is 0 Å². The van der Waals surface area contributed by atoms with Crippen molar-refractivity contribution in [1.29, 1.82) is 0 Å². The average molecular weight is 356 g/mol. The van der Waals surface area contributed by atoms with Crippen LogP contribution in [0.2, 0.25) is 0 Å². The van der Waals surface area contributed by atoms with Crippen LogP contribution in [0.5, 0.6) is 0 Å². The highest BCUT2D eigenvalue weighted by Crippen LogP contribution is 2.28. The average Bonchev–Trinajstić information content (AvgIpc) is 2.48. The number of carbonyl (C=O) groups excluding carboxylic acids is 4. The molecule has 0 saturated carbocycles. The van der Waals surface area contributed by atoms with Gasteiger partial charge < -0.3 is 23.7 Å². The Morgan fingerprint density at radius 2 is 1.32 bits per heavy atom. The lowest BCUT2D eigenvalue weighted by Gasteiger charge is -2.42. The molecule has 0 aromatic carbocycles. The summed E-state index contributed by atoms with van der Waals surface area (Å²) in [5.41, 5.74) is 0. The maximum absolute atomic E-state index is 11.5. The summed E-state index contributed by atoms with van der Waals surface area (Å²) in [5.74, 6) is -0.396. The molecular formula is C16H20O9. The lowest BCUT2D eigenvalue weighted by atomic mass is 9.94. The number of rotatable bonds is 5. The van der Waals surface area contributed by atoms with Gasteiger partial charge in [0.05, 0.1) is 0 Å². The predicted octanol–water partition coefficient (Wildman–Crippen LogP) is -0.255. The first-order chi connectivity index (χ1) is 11.6. The zero-order valence-corrected chi connectivity index (χ0v) is 14.3. The van der Waals surface area contributed by atoms with Crippen molar-refractivity contribution >= 4 is 23.9 Å². The van der Waals surface area contributed by atoms with Crippen molar-refractivity contribution in [2.24, 2.45) is 0 Å². The molecule has 0 aromatic rings. The van der Waals surface area contributed by atoms with Crippen molar-refractivity contribution in [3.63, 3.8) is 0 Å². The van der Waals surface area contributed by atoms with Gasteiger partial charge in [-0.25, -0.2) is 0 Å². The van der Waals surface area contributed by atoms with E-state index in [0.717, 1.165) is 20.8 Å². The zero-order chi connectivity index (χ0) is 19.1. The third kappa shape index (κ3) is 6.08. The molecule has 9 nitrogen and oxygen atoms in total. The molecule has 1 heterocycles. The highest BCUT2D eigenvalue weighted by Gasteiger charge is 2.51. The van der Waals surface area contributed by atoms with Crippen molar-refractivity contribution in [2.75, 3.05) is 6.61 Å². The van der Waals surface area contributed by atoms with Crippen LogP contribution in [-0.2, 0) is 42.9 Å². The van der Waals surface area contributed by atoms with E-state index in [9.17, 15) is 19.2 Å². The topological polar surface area (TPSA) is 114 Å². The molecule has 1 aliphatic rings. The Hall–Kier alpha value is -2.60. The molecule has 0 aliphatic carbocycles. The molecular weight excluding hydrogens is 336 g/mol. The number of hydrogen-bond acceptors (Lipinski definition) is 9. The van der Waals surface area contributed by atoms with E-state index in [1.807, 2.05) is 0 Å². The van der Waals surface area contributed by atoms with Crippen LogP contribution in [-0.4, -0.2) is 61.0 Å². The Labute approximate surface area is 144 Å². The van der Waals surface area contributed by atoms with E-state index in [-0.39, 0.29) is 6.61 Å². The van der Waals surface area contributed by atoms with E-state index in [1.54, 1.807) is 0 Å². The summed E-state index contributed by atoms with van der Waals surface area (Å²) in [6, 6.07) is 0. The van der Waals surface area contributed by atoms with Crippen LogP contribution in [0.15, 0.2) is 0 Å². The summed E-state index contributed by atoms with van der Waals surface area (Å²) >= 11 is 0. The van der Waals surface area contributed by atoms with E-state index in [0.29, 0.717) is 0 Å². The van der Waals surface area contributed by atoms with Crippen LogP contribution in [0.3, 0.4) is 0 Å². The van der Waals surface area contributed by atoms with Crippen molar-refractivity contribution < 1.29 is 42.9 Å². The van der Waals surface area contributed by atoms with E-state index >= 15 is 0 Å². The highest BCUT2D eigenvalue weighted by molar-refractivity contribution is 5.68. The molecule has 1 rings (SSSR count). The SMILES string of the molecule is C#C[C@@H]1O[C@@H](COC(C)=O)[C@@H](OC(C)=O)[C@H](OC(C)=O)[C@H]1OC(C)=O. The highest BCUT2D eigenvalue weighted by atomic mass is 16.7. The van der Waals surface area contributed by atoms with Gasteiger partial charge in [0, 0.05) is 27.7 Å². The van der Waals surface area contributed by atoms with E-state index in [1.165, 1.54) is 6.92 Å². The standard InChI is InChI=1S/C16H20O9/c1-6-12-14(22-9(3)18)16(24-11(5)20)15(23-10(4)19)13(25-12)7-21-8(2)17/h1,12-16H,7H2,2-5H3/t12-,13-,14-,15+,16+/m0/s1. The Morgan fingerprint density at radius 3 is 1.76 bits per heavy atom. The third-order valence-electron chi connectivity index (χ3n) is 3.16. The Morgan fingerprint density at radius 1 is 0.840 bits per heavy atom. The molecule has 0 N–H and O–H groups in total. The van der Waals surface area contributed by atoms with Gasteiger partial charge in [0.15, 0.2) is 24.4 Å². The van der Waals surface area contributed by atoms with Crippen molar-refractivity contribution in [3.05, 3.63) is 0 Å². The number of esters is 4. The van der Waals surface area contributed by atoms with Gasteiger partial charge in [-0.15, -0.1) is 6.42 Å². The van der Waals surface area contributed by atoms with Gasteiger partial charge in [0.2, 0.25) is 0 Å². The second kappa shape index (κ2) is 9.03. The number of carbonyl (C=O) groups is 4. The fraction of sp³-hybridized carbons (Fsp3) is 0.625. The molecule has 0 aromatic heterocycles. The molecule has 0 radical (unpaired) electrons. The quantitative estimate of drug-likeness (QED) is 0.373. The van der Waals surface area contributed by atoms with Gasteiger partial charge in [-0.05, 0) is 0 Å². The summed E-state index contributed by atoms with van der Waals surface area (Å²) in [5, 5.41) is 0. The van der Waals surface area contributed by atoms with Crippen LogP contribution >= 0.6 is 0 Å². The van der Waals surface area contributed by atoms with Gasteiger partial charge in [-0.1, -0.05) is 5.92 Å². The number of terminal acetylenes is 1. The molecule has 1 fully saturated rings. The minimum absolute atomic E-state index is 0.296. The maximum Gasteiger partial charge on any atom is 0.303 e. The monoisotopic (exact) mass is 356 g/mol. The van der Waals surface area contributed by atoms with Crippen molar-refractivity contribution in [3.8, 4) is 12.3 Å². The van der Waals surface area contributed by atoms with Crippen LogP contribution in [0.25, 0.3) is 0 Å². The zero-order valence-electron chi connectivity index (χ0n) is 14.3. The molecule has 1 saturated heterocycles. The van der Waals surface area contributed by atoms with Gasteiger partial charge >= 0.3 is 23.9 Å². The minimum atomic E-state index is -1.22. The molecule has 0 amide bonds. The van der Waals surface area contributed by atoms with E-state index in [4.69, 9.17) is 30.1 Å². The van der Waals surface area contributed by atoms with Crippen LogP contribution < -0.4 is 0 Å². The molecule has 25 heavy (non-hydrogen) atoms. The molecule has 9 heteroatoms. The predicted molar refractivity (Wildman–Crippen MR) is 80.8 cm³/mol. The second-order valence-corrected chi connectivity index (χ2v) is 5.29. The van der Waals surface area contributed by atoms with Gasteiger partial charge in [0.25, 0.3) is 0 Å². The lowest BCUT2D eigenvalue weighted by Crippen LogP contribution is -2.62. The van der Waals surface area contributed by atoms with Crippen LogP contribution in [0.1, 0.15) is 27.7 Å². The Bertz CT molecular complexity index is 577. The van der Waals surface area contributed by atoms with Crippen molar-refractivity contribution in [2.45, 2.75) is 58.2 Å². The summed E-state index contributed by atoms with van der Waals surface area (Å²) in [7, 11) is 0. The third-order valence-corrected chi connectivity index (χ3v) is 3.16. The summed E-state index contributed by atoms with van der Waals surface area (Å²) < 4.78 is 25.9. The number of hydrogen-bond donors (Lipinski definition) is 0. The minimum Gasteiger partial charge on any atom is -0.463 e. The van der Waals surface area contributed by atoms with Crippen LogP contribution in [0.4, 0.5) is 0 Å². The molecule has 0 bridgehead atoms. The largest absolute Gasteiger partial charge is 0.463 e. The van der Waals surface area contributed by atoms with Crippen LogP contribution in [0, 0.1) is 12.3 Å². The smallest absolute Gasteiger partial charge is 0.303 e. The fourth-order valence-electron chi connectivity index (χ4n) is 2.36. The van der Waals surface area contributed by atoms with Gasteiger partial charge in [-0.3, -0.25) is 19.2 Å². The molecule has 1 aliphatic heterocycles. The second-order valence-electron chi connectivity index (χ2n) is 5.29. The summed E-state index contributed by atoms with van der Waals surface area (Å²) in [6.07, 6.45) is -0.298. The first-order valence-corrected chi connectivity index (χ1v) is 7.42. The van der Waals surface area contributed by atoms with E-state index < -0.39 is 54.4 Å². The molecule has 0 unspecified atom stereocenters. The molecule has 5 atom stereocenters. The Kier molecular flexibility index (Phi) is 7.39. The van der Waals surface area contributed by atoms with Gasteiger partial charge in [0.1, 0.15) is 12.7 Å². The fourth-order valence-corrected chi connectivity index (χ4v) is 2.36. The summed E-state index contributed by atoms with van der Waals surface area (Å²) in [4.78, 5) is 45.3. The lowest BCUT2D eigenvalue weighted by molar-refractivity contribution is -0.242. The summed E-state index contributed by atoms with van der Waals surface area (Å²) in [6.45, 7) is 4.31. The Balaban J connectivity index is 3.21. The molecule has 138 valence electrons. The first kappa shape index (κ1) is 20.4. The first-order valence-electron chi connectivity index (χ1n) is 7.42.